The number of rotatable bonds is 0. The van der Waals surface area contributed by atoms with Crippen LogP contribution in [-0.2, 0) is 0 Å². The molecule has 0 bridgehead atoms. The van der Waals surface area contributed by atoms with Crippen molar-refractivity contribution in [2.45, 2.75) is 51.5 Å². The average Bonchev–Trinajstić information content (AvgIpc) is 1.92. The second-order valence-corrected chi connectivity index (χ2v) is 5.42. The van der Waals surface area contributed by atoms with E-state index in [1.54, 1.807) is 0 Å². The summed E-state index contributed by atoms with van der Waals surface area (Å²) < 4.78 is 0. The van der Waals surface area contributed by atoms with Gasteiger partial charge in [0.25, 0.3) is 0 Å². The molecule has 0 aliphatic heterocycles. The Kier molecular flexibility index (Phi) is 3.06. The molecule has 0 heterocycles. The quantitative estimate of drug-likeness (QED) is 0.583. The summed E-state index contributed by atoms with van der Waals surface area (Å²) in [6.07, 6.45) is 2.87. The molecule has 12 heavy (non-hydrogen) atoms. The fourth-order valence-electron chi connectivity index (χ4n) is 2.04. The monoisotopic (exact) mass is 190 g/mol. The highest BCUT2D eigenvalue weighted by Crippen LogP contribution is 2.40. The van der Waals surface area contributed by atoms with Crippen LogP contribution < -0.4 is 0 Å². The van der Waals surface area contributed by atoms with E-state index in [1.165, 1.54) is 0 Å². The number of hydrogen-bond acceptors (Lipinski definition) is 1. The predicted octanol–water partition coefficient (Wildman–Crippen LogP) is 2.80. The third-order valence-electron chi connectivity index (χ3n) is 2.88. The Hall–Kier alpha value is 0.250. The zero-order valence-electron chi connectivity index (χ0n) is 8.18. The van der Waals surface area contributed by atoms with E-state index in [2.05, 4.69) is 20.8 Å². The van der Waals surface area contributed by atoms with E-state index in [1.807, 2.05) is 0 Å². The number of aliphatic hydroxyl groups excluding tert-OH is 1. The van der Waals surface area contributed by atoms with Gasteiger partial charge in [-0.1, -0.05) is 27.2 Å². The Morgan fingerprint density at radius 2 is 1.83 bits per heavy atom. The van der Waals surface area contributed by atoms with Crippen LogP contribution in [0.2, 0.25) is 0 Å². The van der Waals surface area contributed by atoms with Crippen LogP contribution in [0, 0.1) is 11.3 Å². The normalized spacial score (nSPS) is 38.2. The first kappa shape index (κ1) is 10.3. The molecule has 1 N–H and O–H groups in total. The molecule has 1 nitrogen and oxygen atoms in total. The summed E-state index contributed by atoms with van der Waals surface area (Å²) in [4.78, 5) is 0. The maximum Gasteiger partial charge on any atom is 0.0706 e. The van der Waals surface area contributed by atoms with E-state index < -0.39 is 0 Å². The van der Waals surface area contributed by atoms with Crippen LogP contribution in [0.5, 0.6) is 0 Å². The van der Waals surface area contributed by atoms with Gasteiger partial charge in [-0.25, -0.2) is 0 Å². The van der Waals surface area contributed by atoms with Crippen molar-refractivity contribution >= 4 is 11.6 Å². The summed E-state index contributed by atoms with van der Waals surface area (Å²) in [6.45, 7) is 6.60. The molecule has 2 heteroatoms. The largest absolute Gasteiger partial charge is 0.392 e. The van der Waals surface area contributed by atoms with Gasteiger partial charge in [-0.2, -0.15) is 0 Å². The van der Waals surface area contributed by atoms with Crippen LogP contribution in [0.1, 0.15) is 40.0 Å². The van der Waals surface area contributed by atoms with Gasteiger partial charge in [0.05, 0.1) is 11.5 Å². The van der Waals surface area contributed by atoms with Crippen LogP contribution in [0.3, 0.4) is 0 Å². The second kappa shape index (κ2) is 3.55. The van der Waals surface area contributed by atoms with Crippen LogP contribution in [-0.4, -0.2) is 16.6 Å². The molecule has 0 saturated heterocycles. The van der Waals surface area contributed by atoms with Crippen molar-refractivity contribution < 1.29 is 5.11 Å². The highest BCUT2D eigenvalue weighted by Gasteiger charge is 2.37. The fourth-order valence-corrected chi connectivity index (χ4v) is 2.67. The molecule has 0 aromatic rings. The molecule has 0 aromatic carbocycles. The lowest BCUT2D eigenvalue weighted by Crippen LogP contribution is -2.40. The third kappa shape index (κ3) is 2.14. The lowest BCUT2D eigenvalue weighted by atomic mass is 9.71. The van der Waals surface area contributed by atoms with Crippen molar-refractivity contribution in [2.24, 2.45) is 11.3 Å². The predicted molar refractivity (Wildman–Crippen MR) is 52.4 cm³/mol. The van der Waals surface area contributed by atoms with Crippen LogP contribution in [0.4, 0.5) is 0 Å². The van der Waals surface area contributed by atoms with E-state index in [0.29, 0.717) is 5.92 Å². The minimum absolute atomic E-state index is 0.0428. The number of hydrogen-bond donors (Lipinski definition) is 1. The van der Waals surface area contributed by atoms with E-state index in [0.717, 1.165) is 19.3 Å². The molecule has 1 saturated carbocycles. The van der Waals surface area contributed by atoms with Gasteiger partial charge in [-0.3, -0.25) is 0 Å². The molecular formula is C10H19ClO. The van der Waals surface area contributed by atoms with Crippen molar-refractivity contribution in [2.75, 3.05) is 0 Å². The first-order chi connectivity index (χ1) is 5.43. The molecule has 1 rings (SSSR count). The summed E-state index contributed by atoms with van der Waals surface area (Å²) in [5, 5.41) is 9.54. The van der Waals surface area contributed by atoms with Gasteiger partial charge in [-0.05, 0) is 24.2 Å². The first-order valence-electron chi connectivity index (χ1n) is 4.75. The Balaban J connectivity index is 2.64. The van der Waals surface area contributed by atoms with E-state index in [4.69, 9.17) is 11.6 Å². The summed E-state index contributed by atoms with van der Waals surface area (Å²) in [6, 6.07) is 0. The Labute approximate surface area is 80.1 Å². The fraction of sp³-hybridized carbons (Fsp3) is 1.00. The van der Waals surface area contributed by atoms with Gasteiger partial charge < -0.3 is 5.11 Å². The van der Waals surface area contributed by atoms with Crippen molar-refractivity contribution in [1.29, 1.82) is 0 Å². The Bertz CT molecular complexity index is 150. The summed E-state index contributed by atoms with van der Waals surface area (Å²) in [5.74, 6) is 0.461. The van der Waals surface area contributed by atoms with Crippen LogP contribution >= 0.6 is 11.6 Å². The molecule has 0 radical (unpaired) electrons. The van der Waals surface area contributed by atoms with E-state index >= 15 is 0 Å². The van der Waals surface area contributed by atoms with Gasteiger partial charge in [0.1, 0.15) is 0 Å². The van der Waals surface area contributed by atoms with Gasteiger partial charge in [0, 0.05) is 0 Å². The lowest BCUT2D eigenvalue weighted by molar-refractivity contribution is 0.0640. The smallest absolute Gasteiger partial charge is 0.0706 e. The number of halogens is 1. The topological polar surface area (TPSA) is 20.2 Å². The van der Waals surface area contributed by atoms with Gasteiger partial charge in [-0.15, -0.1) is 11.6 Å². The maximum absolute atomic E-state index is 9.58. The summed E-state index contributed by atoms with van der Waals surface area (Å²) in [7, 11) is 0. The minimum Gasteiger partial charge on any atom is -0.392 e. The number of aliphatic hydroxyl groups is 1. The first-order valence-corrected chi connectivity index (χ1v) is 5.18. The molecule has 0 aromatic heterocycles. The summed E-state index contributed by atoms with van der Waals surface area (Å²) >= 11 is 6.17. The second-order valence-electron chi connectivity index (χ2n) is 4.92. The van der Waals surface area contributed by atoms with Crippen molar-refractivity contribution in [3.05, 3.63) is 0 Å². The van der Waals surface area contributed by atoms with Gasteiger partial charge in [0.15, 0.2) is 0 Å². The van der Waals surface area contributed by atoms with Crippen molar-refractivity contribution in [3.8, 4) is 0 Å². The zero-order valence-corrected chi connectivity index (χ0v) is 8.93. The Morgan fingerprint density at radius 1 is 1.25 bits per heavy atom. The Morgan fingerprint density at radius 3 is 2.25 bits per heavy atom. The van der Waals surface area contributed by atoms with Crippen LogP contribution in [0.15, 0.2) is 0 Å². The average molecular weight is 191 g/mol. The van der Waals surface area contributed by atoms with E-state index in [9.17, 15) is 5.11 Å². The molecular weight excluding hydrogens is 172 g/mol. The highest BCUT2D eigenvalue weighted by molar-refractivity contribution is 6.21. The molecule has 0 amide bonds. The molecule has 3 atom stereocenters. The van der Waals surface area contributed by atoms with Crippen molar-refractivity contribution in [3.63, 3.8) is 0 Å². The molecule has 0 unspecified atom stereocenters. The molecule has 1 aliphatic carbocycles. The van der Waals surface area contributed by atoms with E-state index in [-0.39, 0.29) is 16.9 Å². The minimum atomic E-state index is -0.287. The standard InChI is InChI=1S/C10H19ClO/c1-10(2,3)7-5-4-6-8(12)9(7)11/h7-9,12H,4-6H2,1-3H3/t7-,8-,9-/m0/s1. The molecule has 1 fully saturated rings. The van der Waals surface area contributed by atoms with Gasteiger partial charge in [0.2, 0.25) is 0 Å². The SMILES string of the molecule is CC(C)(C)[C@H]1CCC[C@H](O)[C@H]1Cl. The maximum atomic E-state index is 9.58. The number of alkyl halides is 1. The molecule has 1 aliphatic rings. The lowest BCUT2D eigenvalue weighted by Gasteiger charge is -2.39. The highest BCUT2D eigenvalue weighted by atomic mass is 35.5. The zero-order chi connectivity index (χ0) is 9.35. The van der Waals surface area contributed by atoms with Crippen LogP contribution in [0.25, 0.3) is 0 Å². The molecule has 72 valence electrons. The third-order valence-corrected chi connectivity index (χ3v) is 3.47. The molecule has 0 spiro atoms. The van der Waals surface area contributed by atoms with Crippen molar-refractivity contribution in [1.82, 2.24) is 0 Å². The van der Waals surface area contributed by atoms with Gasteiger partial charge >= 0.3 is 0 Å². The summed E-state index contributed by atoms with van der Waals surface area (Å²) in [5.41, 5.74) is 0.230.